The number of nitrogens with zero attached hydrogens (tertiary/aromatic N) is 1. The highest BCUT2D eigenvalue weighted by Gasteiger charge is 2.18. The van der Waals surface area contributed by atoms with E-state index >= 15 is 0 Å². The second-order valence-corrected chi connectivity index (χ2v) is 7.07. The molecule has 1 amide bonds. The molecule has 0 aromatic carbocycles. The maximum Gasteiger partial charge on any atom is 0.303 e. The predicted molar refractivity (Wildman–Crippen MR) is 79.1 cm³/mol. The van der Waals surface area contributed by atoms with Gasteiger partial charge in [0.25, 0.3) is 0 Å². The van der Waals surface area contributed by atoms with Gasteiger partial charge in [-0.2, -0.15) is 0 Å². The van der Waals surface area contributed by atoms with Gasteiger partial charge in [-0.15, -0.1) is 11.3 Å². The highest BCUT2D eigenvalue weighted by Crippen LogP contribution is 2.23. The van der Waals surface area contributed by atoms with E-state index < -0.39 is 5.97 Å². The lowest BCUT2D eigenvalue weighted by Gasteiger charge is -2.21. The summed E-state index contributed by atoms with van der Waals surface area (Å²) in [5.41, 5.74) is 0. The summed E-state index contributed by atoms with van der Waals surface area (Å²) < 4.78 is 1.05. The number of halogens is 1. The van der Waals surface area contributed by atoms with Gasteiger partial charge >= 0.3 is 5.97 Å². The average Bonchev–Trinajstić information content (AvgIpc) is 2.70. The molecule has 1 atom stereocenters. The summed E-state index contributed by atoms with van der Waals surface area (Å²) in [6.07, 6.45) is 0.320. The summed E-state index contributed by atoms with van der Waals surface area (Å²) in [5, 5.41) is 8.70. The van der Waals surface area contributed by atoms with Crippen molar-refractivity contribution in [1.82, 2.24) is 4.90 Å². The Kier molecular flexibility index (Phi) is 6.51. The lowest BCUT2D eigenvalue weighted by atomic mass is 10.0. The first-order valence-corrected chi connectivity index (χ1v) is 7.77. The third-order valence-electron chi connectivity index (χ3n) is 2.76. The molecule has 0 fully saturated rings. The molecule has 106 valence electrons. The predicted octanol–water partition coefficient (Wildman–Crippen LogP) is 3.36. The maximum absolute atomic E-state index is 12.1. The molecule has 19 heavy (non-hydrogen) atoms. The van der Waals surface area contributed by atoms with Crippen molar-refractivity contribution in [3.8, 4) is 0 Å². The lowest BCUT2D eigenvalue weighted by molar-refractivity contribution is -0.138. The van der Waals surface area contributed by atoms with Crippen LogP contribution in [0.1, 0.15) is 31.6 Å². The van der Waals surface area contributed by atoms with Crippen molar-refractivity contribution in [3.05, 3.63) is 20.8 Å². The van der Waals surface area contributed by atoms with Crippen molar-refractivity contribution in [1.29, 1.82) is 0 Å². The zero-order valence-corrected chi connectivity index (χ0v) is 13.5. The molecule has 1 rings (SSSR count). The van der Waals surface area contributed by atoms with Crippen molar-refractivity contribution < 1.29 is 14.7 Å². The molecule has 1 unspecified atom stereocenters. The number of thiophene rings is 1. The topological polar surface area (TPSA) is 57.6 Å². The first kappa shape index (κ1) is 16.2. The first-order valence-electron chi connectivity index (χ1n) is 6.16. The van der Waals surface area contributed by atoms with Crippen LogP contribution in [0.15, 0.2) is 15.9 Å². The van der Waals surface area contributed by atoms with Crippen LogP contribution in [0.2, 0.25) is 0 Å². The Hall–Kier alpha value is -0.880. The van der Waals surface area contributed by atoms with Crippen LogP contribution < -0.4 is 0 Å². The van der Waals surface area contributed by atoms with Gasteiger partial charge in [-0.25, -0.2) is 0 Å². The first-order chi connectivity index (χ1) is 8.92. The molecular weight excluding hydrogens is 330 g/mol. The Labute approximate surface area is 125 Å². The maximum atomic E-state index is 12.1. The highest BCUT2D eigenvalue weighted by molar-refractivity contribution is 9.11. The Bertz CT molecular complexity index is 447. The molecule has 0 aliphatic rings. The molecule has 4 nitrogen and oxygen atoms in total. The van der Waals surface area contributed by atoms with E-state index in [1.165, 1.54) is 0 Å². The summed E-state index contributed by atoms with van der Waals surface area (Å²) in [7, 11) is 0. The summed E-state index contributed by atoms with van der Waals surface area (Å²) in [5.74, 6) is -0.972. The Morgan fingerprint density at radius 2 is 2.11 bits per heavy atom. The van der Waals surface area contributed by atoms with Crippen LogP contribution in [0.3, 0.4) is 0 Å². The van der Waals surface area contributed by atoms with Crippen LogP contribution in [0.25, 0.3) is 0 Å². The molecule has 0 radical (unpaired) electrons. The highest BCUT2D eigenvalue weighted by atomic mass is 79.9. The summed E-state index contributed by atoms with van der Waals surface area (Å²) in [4.78, 5) is 25.6. The van der Waals surface area contributed by atoms with Crippen molar-refractivity contribution >= 4 is 39.1 Å². The molecule has 1 aromatic heterocycles. The van der Waals surface area contributed by atoms with Gasteiger partial charge < -0.3 is 10.0 Å². The van der Waals surface area contributed by atoms with Crippen LogP contribution in [0, 0.1) is 5.92 Å². The SMILES string of the molecule is CCN(Cc1ccc(Br)s1)C(=O)CC(C)CC(=O)O. The van der Waals surface area contributed by atoms with E-state index in [0.29, 0.717) is 13.1 Å². The molecule has 1 heterocycles. The molecule has 0 aliphatic heterocycles. The number of rotatable bonds is 7. The molecule has 0 saturated carbocycles. The Morgan fingerprint density at radius 3 is 2.58 bits per heavy atom. The average molecular weight is 348 g/mol. The van der Waals surface area contributed by atoms with Gasteiger partial charge in [0.1, 0.15) is 0 Å². The number of carboxylic acids is 1. The number of hydrogen-bond acceptors (Lipinski definition) is 3. The Morgan fingerprint density at radius 1 is 1.42 bits per heavy atom. The molecule has 0 saturated heterocycles. The minimum atomic E-state index is -0.856. The van der Waals surface area contributed by atoms with Crippen molar-refractivity contribution in [2.45, 2.75) is 33.2 Å². The van der Waals surface area contributed by atoms with Crippen molar-refractivity contribution in [2.24, 2.45) is 5.92 Å². The molecule has 1 aromatic rings. The quantitative estimate of drug-likeness (QED) is 0.822. The van der Waals surface area contributed by atoms with Gasteiger partial charge in [-0.3, -0.25) is 9.59 Å². The number of carbonyl (C=O) groups is 2. The van der Waals surface area contributed by atoms with Gasteiger partial charge in [0, 0.05) is 24.3 Å². The van der Waals surface area contributed by atoms with E-state index in [2.05, 4.69) is 15.9 Å². The molecular formula is C13H18BrNO3S. The normalized spacial score (nSPS) is 12.2. The molecule has 1 N–H and O–H groups in total. The number of hydrogen-bond donors (Lipinski definition) is 1. The standard InChI is InChI=1S/C13H18BrNO3S/c1-3-15(8-10-4-5-11(14)19-10)12(16)6-9(2)7-13(17)18/h4-5,9H,3,6-8H2,1-2H3,(H,17,18). The molecule has 0 aliphatic carbocycles. The molecule has 0 spiro atoms. The molecule has 6 heteroatoms. The van der Waals surface area contributed by atoms with E-state index in [1.807, 2.05) is 19.1 Å². The fraction of sp³-hybridized carbons (Fsp3) is 0.538. The van der Waals surface area contributed by atoms with Gasteiger partial charge in [-0.1, -0.05) is 6.92 Å². The van der Waals surface area contributed by atoms with E-state index in [-0.39, 0.29) is 24.7 Å². The van der Waals surface area contributed by atoms with Crippen LogP contribution >= 0.6 is 27.3 Å². The van der Waals surface area contributed by atoms with E-state index in [0.717, 1.165) is 8.66 Å². The number of amides is 1. The van der Waals surface area contributed by atoms with E-state index in [9.17, 15) is 9.59 Å². The van der Waals surface area contributed by atoms with Gasteiger partial charge in [0.05, 0.1) is 10.3 Å². The monoisotopic (exact) mass is 347 g/mol. The second kappa shape index (κ2) is 7.65. The zero-order chi connectivity index (χ0) is 14.4. The number of aliphatic carboxylic acids is 1. The van der Waals surface area contributed by atoms with Crippen molar-refractivity contribution in [2.75, 3.05) is 6.54 Å². The van der Waals surface area contributed by atoms with Crippen LogP contribution in [0.4, 0.5) is 0 Å². The second-order valence-electron chi connectivity index (χ2n) is 4.52. The summed E-state index contributed by atoms with van der Waals surface area (Å²) in [6, 6.07) is 3.96. The minimum absolute atomic E-state index is 0.0146. The number of carbonyl (C=O) groups excluding carboxylic acids is 1. The van der Waals surface area contributed by atoms with E-state index in [1.54, 1.807) is 23.2 Å². The van der Waals surface area contributed by atoms with Gasteiger partial charge in [-0.05, 0) is 40.9 Å². The van der Waals surface area contributed by atoms with Crippen LogP contribution in [-0.4, -0.2) is 28.4 Å². The van der Waals surface area contributed by atoms with Crippen LogP contribution in [-0.2, 0) is 16.1 Å². The number of carboxylic acid groups (broad SMARTS) is 1. The third-order valence-corrected chi connectivity index (χ3v) is 4.36. The fourth-order valence-electron chi connectivity index (χ4n) is 1.80. The largest absolute Gasteiger partial charge is 0.481 e. The van der Waals surface area contributed by atoms with E-state index in [4.69, 9.17) is 5.11 Å². The third kappa shape index (κ3) is 5.74. The lowest BCUT2D eigenvalue weighted by Crippen LogP contribution is -2.31. The summed E-state index contributed by atoms with van der Waals surface area (Å²) >= 11 is 5.01. The Balaban J connectivity index is 2.54. The smallest absolute Gasteiger partial charge is 0.303 e. The molecule has 0 bridgehead atoms. The zero-order valence-electron chi connectivity index (χ0n) is 11.1. The van der Waals surface area contributed by atoms with Gasteiger partial charge in [0.2, 0.25) is 5.91 Å². The van der Waals surface area contributed by atoms with Crippen molar-refractivity contribution in [3.63, 3.8) is 0 Å². The minimum Gasteiger partial charge on any atom is -0.481 e. The van der Waals surface area contributed by atoms with Gasteiger partial charge in [0.15, 0.2) is 0 Å². The fourth-order valence-corrected chi connectivity index (χ4v) is 3.30. The summed E-state index contributed by atoms with van der Waals surface area (Å²) in [6.45, 7) is 4.95. The van der Waals surface area contributed by atoms with Crippen LogP contribution in [0.5, 0.6) is 0 Å².